The van der Waals surface area contributed by atoms with Crippen LogP contribution in [0.4, 0.5) is 0 Å². The van der Waals surface area contributed by atoms with Crippen LogP contribution in [-0.4, -0.2) is 33.8 Å². The Balaban J connectivity index is 4.51. The molecule has 0 rings (SSSR count). The average molecular weight is 241 g/mol. The van der Waals surface area contributed by atoms with Gasteiger partial charge in [0.1, 0.15) is 10.2 Å². The Labute approximate surface area is 74.8 Å². The van der Waals surface area contributed by atoms with Gasteiger partial charge in [-0.15, -0.1) is 4.40 Å². The summed E-state index contributed by atoms with van der Waals surface area (Å²) in [5.74, 6) is 0. The molecule has 0 heterocycles. The molecule has 0 radical (unpaired) electrons. The Bertz CT molecular complexity index is 268. The van der Waals surface area contributed by atoms with Crippen molar-refractivity contribution in [3.63, 3.8) is 0 Å². The zero-order valence-electron chi connectivity index (χ0n) is 6.28. The highest BCUT2D eigenvalue weighted by Crippen LogP contribution is 2.12. The maximum Gasteiger partial charge on any atom is 0.289 e. The predicted octanol–water partition coefficient (Wildman–Crippen LogP) is 0.772. The van der Waals surface area contributed by atoms with Gasteiger partial charge in [-0.3, -0.25) is 0 Å². The van der Waals surface area contributed by atoms with Gasteiger partial charge in [0.25, 0.3) is 10.0 Å². The summed E-state index contributed by atoms with van der Waals surface area (Å²) in [4.78, 5) is 1.52. The van der Waals surface area contributed by atoms with Gasteiger partial charge in [-0.05, 0) is 15.9 Å². The molecule has 0 saturated heterocycles. The van der Waals surface area contributed by atoms with Crippen LogP contribution >= 0.6 is 15.9 Å². The van der Waals surface area contributed by atoms with Gasteiger partial charge in [-0.25, -0.2) is 0 Å². The van der Waals surface area contributed by atoms with Crippen LogP contribution in [0.25, 0.3) is 0 Å². The van der Waals surface area contributed by atoms with Crippen LogP contribution in [0.3, 0.4) is 0 Å². The summed E-state index contributed by atoms with van der Waals surface area (Å²) in [6.07, 6.45) is 1.20. The summed E-state index contributed by atoms with van der Waals surface area (Å²) in [7, 11) is -0.190. The molecule has 0 fully saturated rings. The lowest BCUT2D eigenvalue weighted by Crippen LogP contribution is -2.09. The van der Waals surface area contributed by atoms with Crippen LogP contribution in [-0.2, 0) is 10.0 Å². The maximum atomic E-state index is 10.9. The Kier molecular flexibility index (Phi) is 3.74. The lowest BCUT2D eigenvalue weighted by molar-refractivity contribution is 0.602. The number of rotatable bonds is 3. The zero-order valence-corrected chi connectivity index (χ0v) is 8.68. The lowest BCUT2D eigenvalue weighted by atomic mass is 11.0. The Morgan fingerprint density at radius 3 is 2.36 bits per heavy atom. The van der Waals surface area contributed by atoms with Gasteiger partial charge in [0.2, 0.25) is 0 Å². The smallest absolute Gasteiger partial charge is 0.289 e. The molecular weight excluding hydrogens is 232 g/mol. The van der Waals surface area contributed by atoms with Crippen molar-refractivity contribution in [1.82, 2.24) is 4.90 Å². The molecule has 0 aromatic rings. The highest BCUT2D eigenvalue weighted by atomic mass is 79.9. The molecule has 0 bridgehead atoms. The molecule has 6 heteroatoms. The Morgan fingerprint density at radius 2 is 2.09 bits per heavy atom. The minimum Gasteiger partial charge on any atom is -0.368 e. The largest absolute Gasteiger partial charge is 0.368 e. The van der Waals surface area contributed by atoms with E-state index in [4.69, 9.17) is 0 Å². The topological polar surface area (TPSA) is 49.7 Å². The number of hydrogen-bond donors (Lipinski definition) is 0. The molecule has 0 aliphatic rings. The van der Waals surface area contributed by atoms with Gasteiger partial charge >= 0.3 is 0 Å². The molecule has 0 aliphatic heterocycles. The second-order valence-electron chi connectivity index (χ2n) is 2.01. The summed E-state index contributed by atoms with van der Waals surface area (Å²) in [5.41, 5.74) is 0. The summed E-state index contributed by atoms with van der Waals surface area (Å²) < 4.78 is 24.9. The summed E-state index contributed by atoms with van der Waals surface area (Å²) in [6, 6.07) is 0. The zero-order chi connectivity index (χ0) is 9.07. The van der Waals surface area contributed by atoms with Crippen molar-refractivity contribution < 1.29 is 8.42 Å². The Hall–Kier alpha value is -0.360. The molecule has 0 aromatic carbocycles. The van der Waals surface area contributed by atoms with Crippen LogP contribution in [0.5, 0.6) is 0 Å². The van der Waals surface area contributed by atoms with E-state index in [2.05, 4.69) is 26.9 Å². The van der Waals surface area contributed by atoms with Gasteiger partial charge in [0.15, 0.2) is 0 Å². The fraction of sp³-hybridized carbons (Fsp3) is 0.400. The Morgan fingerprint density at radius 1 is 1.64 bits per heavy atom. The highest BCUT2D eigenvalue weighted by molar-refractivity contribution is 9.13. The van der Waals surface area contributed by atoms with Crippen molar-refractivity contribution in [2.75, 3.05) is 14.1 Å². The average Bonchev–Trinajstić information content (AvgIpc) is 1.84. The van der Waals surface area contributed by atoms with Crippen LogP contribution in [0.1, 0.15) is 0 Å². The van der Waals surface area contributed by atoms with E-state index >= 15 is 0 Å². The highest BCUT2D eigenvalue weighted by Gasteiger charge is 2.08. The molecule has 0 amide bonds. The van der Waals surface area contributed by atoms with E-state index < -0.39 is 10.0 Å². The van der Waals surface area contributed by atoms with Crippen molar-refractivity contribution in [3.05, 3.63) is 10.4 Å². The molecule has 0 spiro atoms. The fourth-order valence-corrected chi connectivity index (χ4v) is 0.891. The van der Waals surface area contributed by atoms with Crippen molar-refractivity contribution in [2.45, 2.75) is 0 Å². The van der Waals surface area contributed by atoms with Crippen molar-refractivity contribution >= 4 is 32.3 Å². The quantitative estimate of drug-likeness (QED) is 0.541. The third kappa shape index (κ3) is 4.15. The van der Waals surface area contributed by atoms with Crippen molar-refractivity contribution in [1.29, 1.82) is 0 Å². The third-order valence-corrected chi connectivity index (χ3v) is 2.86. The minimum atomic E-state index is -3.54. The summed E-state index contributed by atoms with van der Waals surface area (Å²) >= 11 is 2.73. The molecule has 0 atom stereocenters. The summed E-state index contributed by atoms with van der Waals surface area (Å²) in [6.45, 7) is 3.20. The van der Waals surface area contributed by atoms with E-state index in [1.807, 2.05) is 0 Å². The molecule has 0 aromatic heterocycles. The fourth-order valence-electron chi connectivity index (χ4n) is 0.214. The van der Waals surface area contributed by atoms with Gasteiger partial charge in [-0.2, -0.15) is 8.42 Å². The molecule has 0 N–H and O–H groups in total. The standard InChI is InChI=1S/C5H9BrN2O2S/c1-5(6)11(9,10)7-4-8(2)3/h4H,1H2,2-3H3. The van der Waals surface area contributed by atoms with E-state index in [0.717, 1.165) is 0 Å². The molecule has 0 unspecified atom stereocenters. The van der Waals surface area contributed by atoms with Crippen LogP contribution in [0.2, 0.25) is 0 Å². The first-order valence-electron chi connectivity index (χ1n) is 2.67. The van der Waals surface area contributed by atoms with E-state index in [1.165, 1.54) is 11.2 Å². The number of sulfonamides is 1. The van der Waals surface area contributed by atoms with E-state index in [1.54, 1.807) is 14.1 Å². The van der Waals surface area contributed by atoms with E-state index in [0.29, 0.717) is 0 Å². The van der Waals surface area contributed by atoms with Gasteiger partial charge in [0.05, 0.1) is 0 Å². The van der Waals surface area contributed by atoms with E-state index in [9.17, 15) is 8.42 Å². The predicted molar refractivity (Wildman–Crippen MR) is 49.2 cm³/mol. The van der Waals surface area contributed by atoms with Crippen molar-refractivity contribution in [2.24, 2.45) is 4.40 Å². The number of nitrogens with zero attached hydrogens (tertiary/aromatic N) is 2. The van der Waals surface area contributed by atoms with Gasteiger partial charge < -0.3 is 4.90 Å². The SMILES string of the molecule is C=C(Br)S(=O)(=O)N=CN(C)C. The molecule has 64 valence electrons. The third-order valence-electron chi connectivity index (χ3n) is 0.697. The summed E-state index contributed by atoms with van der Waals surface area (Å²) in [5, 5.41) is 0. The van der Waals surface area contributed by atoms with Gasteiger partial charge in [0, 0.05) is 14.1 Å². The van der Waals surface area contributed by atoms with Crippen molar-refractivity contribution in [3.8, 4) is 0 Å². The number of hydrogen-bond acceptors (Lipinski definition) is 2. The molecular formula is C5H9BrN2O2S. The maximum absolute atomic E-state index is 10.9. The molecule has 4 nitrogen and oxygen atoms in total. The second kappa shape index (κ2) is 3.87. The molecule has 0 aliphatic carbocycles. The second-order valence-corrected chi connectivity index (χ2v) is 5.15. The van der Waals surface area contributed by atoms with Crippen LogP contribution < -0.4 is 0 Å². The van der Waals surface area contributed by atoms with Crippen LogP contribution in [0, 0.1) is 0 Å². The monoisotopic (exact) mass is 240 g/mol. The first-order chi connectivity index (χ1) is 4.86. The van der Waals surface area contributed by atoms with Crippen LogP contribution in [0.15, 0.2) is 14.8 Å². The van der Waals surface area contributed by atoms with Gasteiger partial charge in [-0.1, -0.05) is 6.58 Å². The molecule has 11 heavy (non-hydrogen) atoms. The first-order valence-corrected chi connectivity index (χ1v) is 4.91. The lowest BCUT2D eigenvalue weighted by Gasteiger charge is -2.01. The molecule has 0 saturated carbocycles. The van der Waals surface area contributed by atoms with E-state index in [-0.39, 0.29) is 3.81 Å². The minimum absolute atomic E-state index is 0.136. The first kappa shape index (κ1) is 10.6. The number of halogens is 1. The normalized spacial score (nSPS) is 11.9.